The van der Waals surface area contributed by atoms with Crippen molar-refractivity contribution in [1.82, 2.24) is 15.1 Å². The lowest BCUT2D eigenvalue weighted by molar-refractivity contribution is -0.135. The van der Waals surface area contributed by atoms with Gasteiger partial charge in [-0.2, -0.15) is 0 Å². The highest BCUT2D eigenvalue weighted by Crippen LogP contribution is 2.18. The number of nitrogens with one attached hydrogen (secondary N) is 1. The lowest BCUT2D eigenvalue weighted by atomic mass is 9.99. The summed E-state index contributed by atoms with van der Waals surface area (Å²) in [5.41, 5.74) is 2.56. The molecule has 2 fully saturated rings. The number of fused-ring (bicyclic) bond motifs is 1. The molecule has 3 rings (SSSR count). The smallest absolute Gasteiger partial charge is 0.324 e. The second-order valence-electron chi connectivity index (χ2n) is 6.58. The van der Waals surface area contributed by atoms with Gasteiger partial charge in [-0.15, -0.1) is 0 Å². The maximum atomic E-state index is 12.4. The van der Waals surface area contributed by atoms with Crippen LogP contribution in [-0.4, -0.2) is 59.1 Å². The fourth-order valence-electron chi connectivity index (χ4n) is 3.29. The molecule has 2 heterocycles. The Labute approximate surface area is 146 Å². The van der Waals surface area contributed by atoms with Crippen molar-refractivity contribution in [2.45, 2.75) is 32.7 Å². The summed E-state index contributed by atoms with van der Waals surface area (Å²) in [6.07, 6.45) is 0.244. The average molecular weight is 343 g/mol. The fourth-order valence-corrected chi connectivity index (χ4v) is 3.29. The van der Waals surface area contributed by atoms with Gasteiger partial charge in [-0.1, -0.05) is 17.7 Å². The van der Waals surface area contributed by atoms with Crippen LogP contribution in [0.4, 0.5) is 4.79 Å². The molecule has 2 aliphatic heterocycles. The lowest BCUT2D eigenvalue weighted by Gasteiger charge is -2.35. The number of carbonyl (C=O) groups excluding carboxylic acids is 4. The number of hydrogen-bond acceptors (Lipinski definition) is 4. The third kappa shape index (κ3) is 3.40. The first-order valence-corrected chi connectivity index (χ1v) is 8.36. The van der Waals surface area contributed by atoms with Crippen LogP contribution in [0.3, 0.4) is 0 Å². The van der Waals surface area contributed by atoms with E-state index in [0.717, 1.165) is 11.1 Å². The quantitative estimate of drug-likeness (QED) is 0.653. The zero-order chi connectivity index (χ0) is 18.1. The Kier molecular flexibility index (Phi) is 4.57. The number of hydrogen-bond donors (Lipinski definition) is 1. The van der Waals surface area contributed by atoms with Crippen molar-refractivity contribution in [2.24, 2.45) is 0 Å². The molecule has 0 bridgehead atoms. The topological polar surface area (TPSA) is 86.8 Å². The zero-order valence-electron chi connectivity index (χ0n) is 14.4. The van der Waals surface area contributed by atoms with Crippen LogP contribution < -0.4 is 5.32 Å². The Morgan fingerprint density at radius 1 is 1.16 bits per heavy atom. The highest BCUT2D eigenvalue weighted by Gasteiger charge is 2.42. The summed E-state index contributed by atoms with van der Waals surface area (Å²) in [6.45, 7) is 4.71. The summed E-state index contributed by atoms with van der Waals surface area (Å²) < 4.78 is 0. The van der Waals surface area contributed by atoms with E-state index in [0.29, 0.717) is 18.7 Å². The van der Waals surface area contributed by atoms with Gasteiger partial charge in [-0.05, 0) is 25.5 Å². The second kappa shape index (κ2) is 6.66. The van der Waals surface area contributed by atoms with Crippen molar-refractivity contribution in [3.63, 3.8) is 0 Å². The molecule has 1 N–H and O–H groups in total. The van der Waals surface area contributed by atoms with Gasteiger partial charge in [0.15, 0.2) is 5.78 Å². The summed E-state index contributed by atoms with van der Waals surface area (Å²) in [6, 6.07) is 4.69. The molecule has 0 radical (unpaired) electrons. The molecule has 7 nitrogen and oxygen atoms in total. The van der Waals surface area contributed by atoms with E-state index >= 15 is 0 Å². The molecule has 132 valence electrons. The molecule has 7 heteroatoms. The molecular formula is C18H21N3O4. The van der Waals surface area contributed by atoms with Gasteiger partial charge in [-0.25, -0.2) is 4.79 Å². The molecule has 0 aliphatic carbocycles. The minimum Gasteiger partial charge on any atom is -0.338 e. The number of aryl methyl sites for hydroxylation is 2. The Balaban J connectivity index is 1.58. The third-order valence-electron chi connectivity index (χ3n) is 4.79. The number of amides is 4. The summed E-state index contributed by atoms with van der Waals surface area (Å²) in [4.78, 5) is 51.1. The number of Topliss-reactive ketones (excluding diaryl/α,β-unsaturated/α-hetero) is 1. The SMILES string of the molecule is Cc1ccc(C)c(C(=O)CCC(=O)N2CCN3C(=O)NC(=O)[C@H]3C2)c1. The molecular weight excluding hydrogens is 322 g/mol. The van der Waals surface area contributed by atoms with Crippen LogP contribution in [0.25, 0.3) is 0 Å². The molecule has 25 heavy (non-hydrogen) atoms. The second-order valence-corrected chi connectivity index (χ2v) is 6.58. The first-order chi connectivity index (χ1) is 11.9. The Morgan fingerprint density at radius 3 is 2.68 bits per heavy atom. The van der Waals surface area contributed by atoms with Crippen LogP contribution in [0.15, 0.2) is 18.2 Å². The third-order valence-corrected chi connectivity index (χ3v) is 4.79. The first-order valence-electron chi connectivity index (χ1n) is 8.36. The van der Waals surface area contributed by atoms with E-state index < -0.39 is 12.1 Å². The highest BCUT2D eigenvalue weighted by atomic mass is 16.2. The maximum Gasteiger partial charge on any atom is 0.324 e. The Hall–Kier alpha value is -2.70. The van der Waals surface area contributed by atoms with E-state index in [9.17, 15) is 19.2 Å². The van der Waals surface area contributed by atoms with Gasteiger partial charge in [0.05, 0.1) is 6.54 Å². The molecule has 0 spiro atoms. The fraction of sp³-hybridized carbons (Fsp3) is 0.444. The molecule has 2 aliphatic rings. The number of imide groups is 1. The van der Waals surface area contributed by atoms with Crippen LogP contribution in [-0.2, 0) is 9.59 Å². The van der Waals surface area contributed by atoms with Crippen LogP contribution in [0.1, 0.15) is 34.3 Å². The number of ketones is 1. The van der Waals surface area contributed by atoms with Crippen molar-refractivity contribution in [2.75, 3.05) is 19.6 Å². The lowest BCUT2D eigenvalue weighted by Crippen LogP contribution is -2.54. The minimum absolute atomic E-state index is 0.0537. The van der Waals surface area contributed by atoms with Crippen molar-refractivity contribution < 1.29 is 19.2 Å². The average Bonchev–Trinajstić information content (AvgIpc) is 2.88. The summed E-state index contributed by atoms with van der Waals surface area (Å²) in [7, 11) is 0. The predicted octanol–water partition coefficient (Wildman–Crippen LogP) is 1.03. The van der Waals surface area contributed by atoms with Gasteiger partial charge < -0.3 is 9.80 Å². The molecule has 0 saturated carbocycles. The van der Waals surface area contributed by atoms with E-state index in [1.54, 1.807) is 4.90 Å². The van der Waals surface area contributed by atoms with E-state index in [1.807, 2.05) is 32.0 Å². The van der Waals surface area contributed by atoms with Crippen molar-refractivity contribution in [3.8, 4) is 0 Å². The Morgan fingerprint density at radius 2 is 1.92 bits per heavy atom. The monoisotopic (exact) mass is 343 g/mol. The molecule has 4 amide bonds. The van der Waals surface area contributed by atoms with Crippen LogP contribution in [0.2, 0.25) is 0 Å². The van der Waals surface area contributed by atoms with Gasteiger partial charge in [0.25, 0.3) is 5.91 Å². The van der Waals surface area contributed by atoms with E-state index in [2.05, 4.69) is 5.32 Å². The molecule has 2 saturated heterocycles. The van der Waals surface area contributed by atoms with E-state index in [4.69, 9.17) is 0 Å². The standard InChI is InChI=1S/C18H21N3O4/c1-11-3-4-12(2)13(9-11)15(22)5-6-16(23)20-7-8-21-14(10-20)17(24)19-18(21)25/h3-4,9,14H,5-8,10H2,1-2H3,(H,19,24,25)/t14-/m1/s1. The zero-order valence-corrected chi connectivity index (χ0v) is 14.4. The minimum atomic E-state index is -0.611. The van der Waals surface area contributed by atoms with Crippen molar-refractivity contribution in [3.05, 3.63) is 34.9 Å². The Bertz CT molecular complexity index is 759. The molecule has 0 aromatic heterocycles. The summed E-state index contributed by atoms with van der Waals surface area (Å²) in [5.74, 6) is -0.582. The van der Waals surface area contributed by atoms with Gasteiger partial charge in [0.1, 0.15) is 6.04 Å². The van der Waals surface area contributed by atoms with E-state index in [-0.39, 0.29) is 37.0 Å². The van der Waals surface area contributed by atoms with Crippen molar-refractivity contribution in [1.29, 1.82) is 0 Å². The molecule has 0 unspecified atom stereocenters. The van der Waals surface area contributed by atoms with Gasteiger partial charge in [0.2, 0.25) is 5.91 Å². The number of carbonyl (C=O) groups is 4. The number of piperazine rings is 1. The number of benzene rings is 1. The summed E-state index contributed by atoms with van der Waals surface area (Å²) >= 11 is 0. The molecule has 1 aromatic rings. The van der Waals surface area contributed by atoms with Gasteiger partial charge in [-0.3, -0.25) is 19.7 Å². The number of rotatable bonds is 4. The van der Waals surface area contributed by atoms with E-state index in [1.165, 1.54) is 4.90 Å². The van der Waals surface area contributed by atoms with Gasteiger partial charge in [0, 0.05) is 31.5 Å². The molecule has 1 aromatic carbocycles. The maximum absolute atomic E-state index is 12.4. The first kappa shape index (κ1) is 17.1. The van der Waals surface area contributed by atoms with Gasteiger partial charge >= 0.3 is 6.03 Å². The van der Waals surface area contributed by atoms with Crippen LogP contribution in [0, 0.1) is 13.8 Å². The molecule has 1 atom stereocenters. The van der Waals surface area contributed by atoms with Crippen LogP contribution in [0.5, 0.6) is 0 Å². The number of urea groups is 1. The highest BCUT2D eigenvalue weighted by molar-refractivity contribution is 6.05. The normalized spacial score (nSPS) is 19.7. The van der Waals surface area contributed by atoms with Crippen LogP contribution >= 0.6 is 0 Å². The number of nitrogens with zero attached hydrogens (tertiary/aromatic N) is 2. The summed E-state index contributed by atoms with van der Waals surface area (Å²) in [5, 5.41) is 2.26. The van der Waals surface area contributed by atoms with Crippen molar-refractivity contribution >= 4 is 23.6 Å². The predicted molar refractivity (Wildman–Crippen MR) is 90.1 cm³/mol. The largest absolute Gasteiger partial charge is 0.338 e.